The van der Waals surface area contributed by atoms with Gasteiger partial charge >= 0.3 is 6.61 Å². The Hall–Kier alpha value is -4.08. The van der Waals surface area contributed by atoms with Gasteiger partial charge in [0.15, 0.2) is 11.5 Å². The molecule has 0 radical (unpaired) electrons. The second kappa shape index (κ2) is 9.19. The number of nitrogens with zero attached hydrogens (tertiary/aromatic N) is 2. The Balaban J connectivity index is 1.61. The monoisotopic (exact) mass is 457 g/mol. The van der Waals surface area contributed by atoms with Crippen LogP contribution in [0, 0.1) is 12.7 Å². The Kier molecular flexibility index (Phi) is 6.16. The number of fused-ring (bicyclic) bond motifs is 1. The van der Waals surface area contributed by atoms with Crippen molar-refractivity contribution in [3.8, 4) is 22.8 Å². The number of ether oxygens (including phenoxy) is 2. The van der Waals surface area contributed by atoms with E-state index in [0.29, 0.717) is 27.9 Å². The third-order valence-electron chi connectivity index (χ3n) is 4.90. The zero-order chi connectivity index (χ0) is 23.5. The molecule has 1 amide bonds. The number of methoxy groups -OCH3 is 1. The van der Waals surface area contributed by atoms with Gasteiger partial charge in [0, 0.05) is 12.1 Å². The van der Waals surface area contributed by atoms with E-state index >= 15 is 0 Å². The SMILES string of the molecule is COc1cc(CNC(=O)c2cc(-c3ccc(F)cc3)nc3onc(C)c23)ccc1OC(F)F. The third-order valence-corrected chi connectivity index (χ3v) is 4.90. The van der Waals surface area contributed by atoms with Crippen molar-refractivity contribution in [3.05, 3.63) is 71.2 Å². The van der Waals surface area contributed by atoms with Crippen LogP contribution in [0.1, 0.15) is 21.6 Å². The second-order valence-electron chi connectivity index (χ2n) is 7.06. The van der Waals surface area contributed by atoms with Gasteiger partial charge in [-0.1, -0.05) is 11.2 Å². The quantitative estimate of drug-likeness (QED) is 0.426. The van der Waals surface area contributed by atoms with Gasteiger partial charge in [-0.2, -0.15) is 8.78 Å². The van der Waals surface area contributed by atoms with Gasteiger partial charge in [-0.05, 0) is 55.0 Å². The molecule has 2 aromatic carbocycles. The van der Waals surface area contributed by atoms with Gasteiger partial charge in [0.1, 0.15) is 5.82 Å². The molecular weight excluding hydrogens is 439 g/mol. The van der Waals surface area contributed by atoms with Crippen LogP contribution in [-0.4, -0.2) is 29.8 Å². The lowest BCUT2D eigenvalue weighted by molar-refractivity contribution is -0.0512. The molecule has 10 heteroatoms. The van der Waals surface area contributed by atoms with E-state index in [1.165, 1.54) is 37.4 Å². The van der Waals surface area contributed by atoms with E-state index < -0.39 is 18.3 Å². The highest BCUT2D eigenvalue weighted by Gasteiger charge is 2.20. The van der Waals surface area contributed by atoms with Crippen LogP contribution in [-0.2, 0) is 6.54 Å². The molecule has 0 atom stereocenters. The number of hydrogen-bond acceptors (Lipinski definition) is 6. The molecule has 4 aromatic rings. The first-order valence-electron chi connectivity index (χ1n) is 9.78. The normalized spacial score (nSPS) is 11.1. The molecule has 7 nitrogen and oxygen atoms in total. The number of carbonyl (C=O) groups is 1. The minimum Gasteiger partial charge on any atom is -0.493 e. The Bertz CT molecular complexity index is 1310. The summed E-state index contributed by atoms with van der Waals surface area (Å²) in [5.74, 6) is -0.818. The Morgan fingerprint density at radius 2 is 1.88 bits per heavy atom. The molecule has 170 valence electrons. The van der Waals surface area contributed by atoms with Crippen LogP contribution >= 0.6 is 0 Å². The number of halogens is 3. The smallest absolute Gasteiger partial charge is 0.387 e. The largest absolute Gasteiger partial charge is 0.493 e. The number of rotatable bonds is 7. The molecule has 0 aliphatic heterocycles. The number of carbonyl (C=O) groups excluding carboxylic acids is 1. The summed E-state index contributed by atoms with van der Waals surface area (Å²) in [7, 11) is 1.33. The van der Waals surface area contributed by atoms with E-state index in [1.54, 1.807) is 25.1 Å². The molecule has 0 unspecified atom stereocenters. The number of amides is 1. The lowest BCUT2D eigenvalue weighted by Gasteiger charge is -2.12. The highest BCUT2D eigenvalue weighted by Crippen LogP contribution is 2.30. The molecule has 0 aliphatic rings. The van der Waals surface area contributed by atoms with Crippen molar-refractivity contribution in [2.75, 3.05) is 7.11 Å². The fourth-order valence-electron chi connectivity index (χ4n) is 3.34. The molecule has 4 rings (SSSR count). The Morgan fingerprint density at radius 3 is 2.58 bits per heavy atom. The van der Waals surface area contributed by atoms with E-state index in [-0.39, 0.29) is 29.3 Å². The number of alkyl halides is 2. The molecule has 0 saturated carbocycles. The van der Waals surface area contributed by atoms with Crippen molar-refractivity contribution >= 4 is 17.0 Å². The first-order chi connectivity index (χ1) is 15.9. The van der Waals surface area contributed by atoms with Crippen LogP contribution in [0.15, 0.2) is 53.1 Å². The number of nitrogens with one attached hydrogen (secondary N) is 1. The molecule has 0 aliphatic carbocycles. The van der Waals surface area contributed by atoms with Crippen molar-refractivity contribution in [1.82, 2.24) is 15.5 Å². The maximum atomic E-state index is 13.3. The van der Waals surface area contributed by atoms with Crippen LogP contribution in [0.3, 0.4) is 0 Å². The average Bonchev–Trinajstić information content (AvgIpc) is 3.18. The molecule has 0 bridgehead atoms. The number of aryl methyl sites for hydroxylation is 1. The third kappa shape index (κ3) is 4.74. The summed E-state index contributed by atoms with van der Waals surface area (Å²) in [4.78, 5) is 17.5. The fourth-order valence-corrected chi connectivity index (χ4v) is 3.34. The van der Waals surface area contributed by atoms with Crippen LogP contribution in [0.25, 0.3) is 22.4 Å². The van der Waals surface area contributed by atoms with Crippen LogP contribution in [0.4, 0.5) is 13.2 Å². The van der Waals surface area contributed by atoms with Crippen molar-refractivity contribution < 1.29 is 32.0 Å². The minimum absolute atomic E-state index is 0.0875. The van der Waals surface area contributed by atoms with E-state index in [0.717, 1.165) is 0 Å². The van der Waals surface area contributed by atoms with Crippen molar-refractivity contribution in [2.24, 2.45) is 0 Å². The first-order valence-corrected chi connectivity index (χ1v) is 9.78. The van der Waals surface area contributed by atoms with Gasteiger partial charge in [0.25, 0.3) is 11.6 Å². The van der Waals surface area contributed by atoms with E-state index in [2.05, 4.69) is 20.2 Å². The Morgan fingerprint density at radius 1 is 1.12 bits per heavy atom. The summed E-state index contributed by atoms with van der Waals surface area (Å²) in [6.45, 7) is -1.21. The predicted molar refractivity (Wildman–Crippen MR) is 113 cm³/mol. The van der Waals surface area contributed by atoms with Crippen LogP contribution < -0.4 is 14.8 Å². The molecule has 2 aromatic heterocycles. The zero-order valence-corrected chi connectivity index (χ0v) is 17.6. The molecule has 0 saturated heterocycles. The predicted octanol–water partition coefficient (Wildman–Crippen LogP) is 4.88. The van der Waals surface area contributed by atoms with Crippen molar-refractivity contribution in [2.45, 2.75) is 20.1 Å². The van der Waals surface area contributed by atoms with Crippen LogP contribution in [0.2, 0.25) is 0 Å². The van der Waals surface area contributed by atoms with Gasteiger partial charge in [0.2, 0.25) is 0 Å². The number of benzene rings is 2. The van der Waals surface area contributed by atoms with E-state index in [9.17, 15) is 18.0 Å². The molecule has 0 fully saturated rings. The summed E-state index contributed by atoms with van der Waals surface area (Å²) < 4.78 is 53.1. The van der Waals surface area contributed by atoms with Gasteiger partial charge in [-0.15, -0.1) is 0 Å². The number of aromatic nitrogens is 2. The van der Waals surface area contributed by atoms with E-state index in [1.807, 2.05) is 0 Å². The lowest BCUT2D eigenvalue weighted by atomic mass is 10.0. The van der Waals surface area contributed by atoms with Crippen LogP contribution in [0.5, 0.6) is 11.5 Å². The summed E-state index contributed by atoms with van der Waals surface area (Å²) in [6, 6.07) is 11.6. The second-order valence-corrected chi connectivity index (χ2v) is 7.06. The lowest BCUT2D eigenvalue weighted by Crippen LogP contribution is -2.23. The van der Waals surface area contributed by atoms with Gasteiger partial charge in [0.05, 0.1) is 29.4 Å². The number of pyridine rings is 1. The highest BCUT2D eigenvalue weighted by atomic mass is 19.3. The summed E-state index contributed by atoms with van der Waals surface area (Å²) in [5, 5.41) is 7.13. The van der Waals surface area contributed by atoms with E-state index in [4.69, 9.17) is 9.26 Å². The number of hydrogen-bond donors (Lipinski definition) is 1. The minimum atomic E-state index is -2.99. The molecule has 33 heavy (non-hydrogen) atoms. The van der Waals surface area contributed by atoms with Gasteiger partial charge in [-0.25, -0.2) is 9.37 Å². The molecule has 2 heterocycles. The standard InChI is InChI=1S/C23H18F3N3O4/c1-12-20-16(10-17(28-22(20)33-29-12)14-4-6-15(24)7-5-14)21(30)27-11-13-3-8-18(32-23(25)26)19(9-13)31-2/h3-10,23H,11H2,1-2H3,(H,27,30). The summed E-state index contributed by atoms with van der Waals surface area (Å²) in [5.41, 5.74) is 2.56. The molecule has 0 spiro atoms. The summed E-state index contributed by atoms with van der Waals surface area (Å²) >= 11 is 0. The fraction of sp³-hybridized carbons (Fsp3) is 0.174. The first kappa shape index (κ1) is 22.1. The molecule has 1 N–H and O–H groups in total. The zero-order valence-electron chi connectivity index (χ0n) is 17.6. The Labute approximate surface area is 186 Å². The van der Waals surface area contributed by atoms with Gasteiger partial charge < -0.3 is 19.3 Å². The summed E-state index contributed by atoms with van der Waals surface area (Å²) in [6.07, 6.45) is 0. The highest BCUT2D eigenvalue weighted by molar-refractivity contribution is 6.06. The topological polar surface area (TPSA) is 86.5 Å². The maximum absolute atomic E-state index is 13.3. The van der Waals surface area contributed by atoms with Crippen molar-refractivity contribution in [3.63, 3.8) is 0 Å². The van der Waals surface area contributed by atoms with Crippen molar-refractivity contribution in [1.29, 1.82) is 0 Å². The molecular formula is C23H18F3N3O4. The maximum Gasteiger partial charge on any atom is 0.387 e. The van der Waals surface area contributed by atoms with Gasteiger partial charge in [-0.3, -0.25) is 4.79 Å². The average molecular weight is 457 g/mol.